The zero-order valence-corrected chi connectivity index (χ0v) is 7.69. The second-order valence-electron chi connectivity index (χ2n) is 4.45. The third-order valence-corrected chi connectivity index (χ3v) is 3.75. The largest absolute Gasteiger partial charge is 0.245 e. The maximum Gasteiger partial charge on any atom is 0.115 e. The highest BCUT2D eigenvalue weighted by atomic mass is 14.8. The molecule has 3 unspecified atom stereocenters. The minimum atomic E-state index is 0.778. The molecule has 0 spiro atoms. The quantitative estimate of drug-likeness (QED) is 0.653. The van der Waals surface area contributed by atoms with Crippen molar-refractivity contribution in [2.75, 3.05) is 0 Å². The van der Waals surface area contributed by atoms with E-state index in [1.54, 1.807) is 6.33 Å². The van der Waals surface area contributed by atoms with Crippen LogP contribution in [0.1, 0.15) is 37.2 Å². The molecule has 0 saturated heterocycles. The van der Waals surface area contributed by atoms with Crippen molar-refractivity contribution in [2.24, 2.45) is 11.8 Å². The van der Waals surface area contributed by atoms with Gasteiger partial charge in [-0.2, -0.15) is 0 Å². The highest BCUT2D eigenvalue weighted by Gasteiger charge is 2.40. The molecule has 1 aromatic rings. The topological polar surface area (TPSA) is 25.8 Å². The van der Waals surface area contributed by atoms with Gasteiger partial charge in [-0.25, -0.2) is 9.97 Å². The minimum Gasteiger partial charge on any atom is -0.245 e. The van der Waals surface area contributed by atoms with Crippen LogP contribution in [-0.2, 0) is 0 Å². The fourth-order valence-electron chi connectivity index (χ4n) is 3.16. The molecule has 3 rings (SSSR count). The van der Waals surface area contributed by atoms with Gasteiger partial charge in [0, 0.05) is 12.4 Å². The number of rotatable bonds is 1. The van der Waals surface area contributed by atoms with Crippen LogP contribution in [0.15, 0.2) is 18.7 Å². The molecule has 1 aromatic heterocycles. The van der Waals surface area contributed by atoms with E-state index in [0.717, 1.165) is 17.8 Å². The minimum absolute atomic E-state index is 0.778. The standard InChI is InChI=1S/C11H14N2/c1-2-9-3-8(1)4-11(9)10-5-12-7-13-6-10/h5-9,11H,1-4H2. The van der Waals surface area contributed by atoms with Crippen LogP contribution in [0.25, 0.3) is 0 Å². The Hall–Kier alpha value is -0.920. The lowest BCUT2D eigenvalue weighted by Crippen LogP contribution is -2.08. The van der Waals surface area contributed by atoms with Crippen molar-refractivity contribution in [2.45, 2.75) is 31.6 Å². The van der Waals surface area contributed by atoms with Crippen LogP contribution in [0.2, 0.25) is 0 Å². The number of hydrogen-bond acceptors (Lipinski definition) is 2. The molecule has 1 heterocycles. The molecule has 2 saturated carbocycles. The Balaban J connectivity index is 1.87. The Labute approximate surface area is 78.4 Å². The number of fused-ring (bicyclic) bond motifs is 2. The van der Waals surface area contributed by atoms with Crippen molar-refractivity contribution in [3.63, 3.8) is 0 Å². The molecule has 2 aliphatic rings. The van der Waals surface area contributed by atoms with Crippen LogP contribution in [0.5, 0.6) is 0 Å². The van der Waals surface area contributed by atoms with E-state index in [1.165, 1.54) is 31.2 Å². The molecular formula is C11H14N2. The van der Waals surface area contributed by atoms with Crippen LogP contribution in [0, 0.1) is 11.8 Å². The van der Waals surface area contributed by atoms with Gasteiger partial charge in [0.2, 0.25) is 0 Å². The highest BCUT2D eigenvalue weighted by molar-refractivity contribution is 5.16. The summed E-state index contributed by atoms with van der Waals surface area (Å²) in [5.41, 5.74) is 1.37. The summed E-state index contributed by atoms with van der Waals surface area (Å²) in [5.74, 6) is 2.73. The van der Waals surface area contributed by atoms with Gasteiger partial charge in [0.15, 0.2) is 0 Å². The lowest BCUT2D eigenvalue weighted by Gasteiger charge is -2.20. The van der Waals surface area contributed by atoms with Crippen molar-refractivity contribution >= 4 is 0 Å². The van der Waals surface area contributed by atoms with E-state index in [4.69, 9.17) is 0 Å². The van der Waals surface area contributed by atoms with Gasteiger partial charge >= 0.3 is 0 Å². The summed E-state index contributed by atoms with van der Waals surface area (Å²) >= 11 is 0. The SMILES string of the molecule is c1ncc(C2CC3CCC2C3)cn1. The normalized spacial score (nSPS) is 36.8. The summed E-state index contributed by atoms with van der Waals surface area (Å²) in [6.45, 7) is 0. The zero-order chi connectivity index (χ0) is 8.67. The Morgan fingerprint density at radius 2 is 1.92 bits per heavy atom. The predicted octanol–water partition coefficient (Wildman–Crippen LogP) is 2.38. The monoisotopic (exact) mass is 174 g/mol. The zero-order valence-electron chi connectivity index (χ0n) is 7.69. The summed E-state index contributed by atoms with van der Waals surface area (Å²) < 4.78 is 0. The van der Waals surface area contributed by atoms with Crippen molar-refractivity contribution in [3.8, 4) is 0 Å². The molecule has 3 atom stereocenters. The molecule has 13 heavy (non-hydrogen) atoms. The molecule has 2 fully saturated rings. The molecule has 68 valence electrons. The maximum absolute atomic E-state index is 4.10. The molecule has 0 aromatic carbocycles. The van der Waals surface area contributed by atoms with Gasteiger partial charge in [-0.05, 0) is 42.6 Å². The van der Waals surface area contributed by atoms with E-state index in [0.29, 0.717) is 0 Å². The second-order valence-corrected chi connectivity index (χ2v) is 4.45. The third-order valence-electron chi connectivity index (χ3n) is 3.75. The fraction of sp³-hybridized carbons (Fsp3) is 0.636. The van der Waals surface area contributed by atoms with E-state index < -0.39 is 0 Å². The first-order chi connectivity index (χ1) is 6.43. The van der Waals surface area contributed by atoms with E-state index in [2.05, 4.69) is 9.97 Å². The lowest BCUT2D eigenvalue weighted by atomic mass is 9.85. The van der Waals surface area contributed by atoms with Crippen molar-refractivity contribution in [1.29, 1.82) is 0 Å². The molecule has 0 N–H and O–H groups in total. The first-order valence-corrected chi connectivity index (χ1v) is 5.18. The average molecular weight is 174 g/mol. The van der Waals surface area contributed by atoms with E-state index in [1.807, 2.05) is 12.4 Å². The summed E-state index contributed by atoms with van der Waals surface area (Å²) in [6, 6.07) is 0. The lowest BCUT2D eigenvalue weighted by molar-refractivity contribution is 0.418. The van der Waals surface area contributed by atoms with E-state index >= 15 is 0 Å². The molecule has 2 nitrogen and oxygen atoms in total. The van der Waals surface area contributed by atoms with Gasteiger partial charge < -0.3 is 0 Å². The van der Waals surface area contributed by atoms with Crippen molar-refractivity contribution in [3.05, 3.63) is 24.3 Å². The first kappa shape index (κ1) is 7.48. The molecule has 2 bridgehead atoms. The third kappa shape index (κ3) is 1.16. The summed E-state index contributed by atoms with van der Waals surface area (Å²) in [7, 11) is 0. The van der Waals surface area contributed by atoms with Gasteiger partial charge in [-0.15, -0.1) is 0 Å². The van der Waals surface area contributed by atoms with Crippen LogP contribution in [0.4, 0.5) is 0 Å². The van der Waals surface area contributed by atoms with Crippen LogP contribution < -0.4 is 0 Å². The van der Waals surface area contributed by atoms with Gasteiger partial charge in [-0.1, -0.05) is 6.42 Å². The van der Waals surface area contributed by atoms with Gasteiger partial charge in [-0.3, -0.25) is 0 Å². The number of hydrogen-bond donors (Lipinski definition) is 0. The molecule has 0 radical (unpaired) electrons. The summed E-state index contributed by atoms with van der Waals surface area (Å²) in [5, 5.41) is 0. The predicted molar refractivity (Wildman–Crippen MR) is 50.2 cm³/mol. The average Bonchev–Trinajstić information content (AvgIpc) is 2.80. The van der Waals surface area contributed by atoms with Crippen molar-refractivity contribution < 1.29 is 0 Å². The fourth-order valence-corrected chi connectivity index (χ4v) is 3.16. The summed E-state index contributed by atoms with van der Waals surface area (Å²) in [6.07, 6.45) is 11.4. The van der Waals surface area contributed by atoms with Crippen molar-refractivity contribution in [1.82, 2.24) is 9.97 Å². The Kier molecular flexibility index (Phi) is 1.61. The van der Waals surface area contributed by atoms with Crippen LogP contribution in [0.3, 0.4) is 0 Å². The van der Waals surface area contributed by atoms with Crippen LogP contribution >= 0.6 is 0 Å². The Morgan fingerprint density at radius 1 is 1.08 bits per heavy atom. The molecule has 0 amide bonds. The highest BCUT2D eigenvalue weighted by Crippen LogP contribution is 2.52. The summed E-state index contributed by atoms with van der Waals surface area (Å²) in [4.78, 5) is 8.20. The molecule has 0 aliphatic heterocycles. The maximum atomic E-state index is 4.10. The van der Waals surface area contributed by atoms with Crippen LogP contribution in [-0.4, -0.2) is 9.97 Å². The van der Waals surface area contributed by atoms with Gasteiger partial charge in [0.25, 0.3) is 0 Å². The Bertz CT molecular complexity index is 296. The van der Waals surface area contributed by atoms with E-state index in [9.17, 15) is 0 Å². The van der Waals surface area contributed by atoms with Gasteiger partial charge in [0.1, 0.15) is 6.33 Å². The number of nitrogens with zero attached hydrogens (tertiary/aromatic N) is 2. The first-order valence-electron chi connectivity index (χ1n) is 5.18. The molecule has 2 heteroatoms. The molecular weight excluding hydrogens is 160 g/mol. The van der Waals surface area contributed by atoms with E-state index in [-0.39, 0.29) is 0 Å². The smallest absolute Gasteiger partial charge is 0.115 e. The molecule has 2 aliphatic carbocycles. The van der Waals surface area contributed by atoms with Gasteiger partial charge in [0.05, 0.1) is 0 Å². The second kappa shape index (κ2) is 2.79. The number of aromatic nitrogens is 2. The Morgan fingerprint density at radius 3 is 2.54 bits per heavy atom.